The van der Waals surface area contributed by atoms with E-state index in [1.165, 1.54) is 10.9 Å². The Labute approximate surface area is 133 Å². The lowest BCUT2D eigenvalue weighted by Gasteiger charge is -2.25. The highest BCUT2D eigenvalue weighted by Crippen LogP contribution is 2.22. The summed E-state index contributed by atoms with van der Waals surface area (Å²) in [6.45, 7) is 1.81. The van der Waals surface area contributed by atoms with E-state index in [4.69, 9.17) is 0 Å². The van der Waals surface area contributed by atoms with Crippen LogP contribution in [0, 0.1) is 11.6 Å². The zero-order chi connectivity index (χ0) is 16.1. The fourth-order valence-corrected chi connectivity index (χ4v) is 3.01. The monoisotopic (exact) mass is 323 g/mol. The van der Waals surface area contributed by atoms with Crippen molar-refractivity contribution >= 4 is 17.2 Å². The molecule has 0 fully saturated rings. The van der Waals surface area contributed by atoms with Gasteiger partial charge in [-0.05, 0) is 48.9 Å². The van der Waals surface area contributed by atoms with Crippen molar-refractivity contribution in [1.82, 2.24) is 4.90 Å². The van der Waals surface area contributed by atoms with Gasteiger partial charge >= 0.3 is 0 Å². The fourth-order valence-electron chi connectivity index (χ4n) is 2.26. The molecule has 0 radical (unpaired) electrons. The second kappa shape index (κ2) is 7.49. The molecule has 1 atom stereocenters. The van der Waals surface area contributed by atoms with Gasteiger partial charge in [0.2, 0.25) is 5.91 Å². The normalized spacial score (nSPS) is 12.2. The lowest BCUT2D eigenvalue weighted by Crippen LogP contribution is -2.29. The Bertz CT molecular complexity index is 628. The predicted molar refractivity (Wildman–Crippen MR) is 84.8 cm³/mol. The van der Waals surface area contributed by atoms with Crippen LogP contribution in [-0.2, 0) is 11.2 Å². The summed E-state index contributed by atoms with van der Waals surface area (Å²) in [7, 11) is 1.69. The van der Waals surface area contributed by atoms with Crippen molar-refractivity contribution in [1.29, 1.82) is 0 Å². The lowest BCUT2D eigenvalue weighted by molar-refractivity contribution is -0.131. The Balaban J connectivity index is 1.89. The van der Waals surface area contributed by atoms with Gasteiger partial charge in [0.15, 0.2) is 11.6 Å². The molecular weight excluding hydrogens is 304 g/mol. The number of carbonyl (C=O) groups excluding carboxylic acids is 1. The minimum atomic E-state index is -0.886. The van der Waals surface area contributed by atoms with Crippen molar-refractivity contribution in [3.05, 3.63) is 57.8 Å². The molecule has 0 N–H and O–H groups in total. The Hall–Kier alpha value is -1.75. The van der Waals surface area contributed by atoms with Crippen molar-refractivity contribution in [3.8, 4) is 0 Å². The number of benzene rings is 1. The summed E-state index contributed by atoms with van der Waals surface area (Å²) >= 11 is 1.69. The standard InChI is InChI=1S/C17H19F2NOS/c1-12(13-8-9-15(18)16(19)11-13)20(2)17(21)7-3-5-14-6-4-10-22-14/h4,6,8-12H,3,5,7H2,1-2H3. The molecule has 0 bridgehead atoms. The Morgan fingerprint density at radius 2 is 2.05 bits per heavy atom. The first-order valence-corrected chi connectivity index (χ1v) is 8.10. The van der Waals surface area contributed by atoms with Crippen LogP contribution in [0.1, 0.15) is 36.2 Å². The molecule has 1 amide bonds. The van der Waals surface area contributed by atoms with Gasteiger partial charge in [-0.1, -0.05) is 12.1 Å². The molecule has 2 rings (SSSR count). The molecule has 0 aliphatic heterocycles. The van der Waals surface area contributed by atoms with Crippen molar-refractivity contribution < 1.29 is 13.6 Å². The van der Waals surface area contributed by atoms with E-state index >= 15 is 0 Å². The van der Waals surface area contributed by atoms with Crippen LogP contribution in [-0.4, -0.2) is 17.9 Å². The zero-order valence-electron chi connectivity index (χ0n) is 12.7. The Kier molecular flexibility index (Phi) is 5.66. The van der Waals surface area contributed by atoms with E-state index in [1.807, 2.05) is 18.4 Å². The van der Waals surface area contributed by atoms with Crippen LogP contribution in [0.15, 0.2) is 35.7 Å². The first kappa shape index (κ1) is 16.6. The van der Waals surface area contributed by atoms with Gasteiger partial charge in [0, 0.05) is 18.3 Å². The highest BCUT2D eigenvalue weighted by Gasteiger charge is 2.18. The van der Waals surface area contributed by atoms with Gasteiger partial charge in [-0.25, -0.2) is 8.78 Å². The average Bonchev–Trinajstić information content (AvgIpc) is 3.01. The molecule has 1 heterocycles. The number of thiophene rings is 1. The SMILES string of the molecule is CC(c1ccc(F)c(F)c1)N(C)C(=O)CCCc1cccs1. The van der Waals surface area contributed by atoms with Crippen LogP contribution >= 0.6 is 11.3 Å². The van der Waals surface area contributed by atoms with Gasteiger partial charge in [-0.3, -0.25) is 4.79 Å². The smallest absolute Gasteiger partial charge is 0.222 e. The van der Waals surface area contributed by atoms with Crippen LogP contribution in [0.25, 0.3) is 0 Å². The third kappa shape index (κ3) is 4.13. The molecule has 2 aromatic rings. The number of halogens is 2. The molecule has 0 aliphatic rings. The van der Waals surface area contributed by atoms with E-state index in [-0.39, 0.29) is 11.9 Å². The number of carbonyl (C=O) groups is 1. The highest BCUT2D eigenvalue weighted by molar-refractivity contribution is 7.09. The molecule has 0 saturated carbocycles. The molecule has 0 aliphatic carbocycles. The van der Waals surface area contributed by atoms with Crippen molar-refractivity contribution in [2.24, 2.45) is 0 Å². The number of hydrogen-bond donors (Lipinski definition) is 0. The van der Waals surface area contributed by atoms with Crippen molar-refractivity contribution in [3.63, 3.8) is 0 Å². The van der Waals surface area contributed by atoms with Gasteiger partial charge in [0.05, 0.1) is 6.04 Å². The van der Waals surface area contributed by atoms with Gasteiger partial charge in [0.25, 0.3) is 0 Å². The quantitative estimate of drug-likeness (QED) is 0.762. The van der Waals surface area contributed by atoms with E-state index in [1.54, 1.807) is 23.3 Å². The first-order valence-electron chi connectivity index (χ1n) is 7.22. The second-order valence-corrected chi connectivity index (χ2v) is 6.32. The van der Waals surface area contributed by atoms with Crippen LogP contribution in [0.4, 0.5) is 8.78 Å². The van der Waals surface area contributed by atoms with Gasteiger partial charge < -0.3 is 4.90 Å². The average molecular weight is 323 g/mol. The molecule has 22 heavy (non-hydrogen) atoms. The Morgan fingerprint density at radius 3 is 2.68 bits per heavy atom. The van der Waals surface area contributed by atoms with Crippen LogP contribution < -0.4 is 0 Å². The molecule has 1 aromatic heterocycles. The van der Waals surface area contributed by atoms with E-state index in [9.17, 15) is 13.6 Å². The van der Waals surface area contributed by atoms with E-state index in [0.717, 1.165) is 25.0 Å². The van der Waals surface area contributed by atoms with Gasteiger partial charge in [-0.15, -0.1) is 11.3 Å². The van der Waals surface area contributed by atoms with Crippen molar-refractivity contribution in [2.45, 2.75) is 32.2 Å². The summed E-state index contributed by atoms with van der Waals surface area (Å²) in [6.07, 6.45) is 2.12. The summed E-state index contributed by atoms with van der Waals surface area (Å²) in [6, 6.07) is 7.52. The number of rotatable bonds is 6. The minimum absolute atomic E-state index is 0.00814. The topological polar surface area (TPSA) is 20.3 Å². The molecule has 0 saturated heterocycles. The van der Waals surface area contributed by atoms with Crippen LogP contribution in [0.2, 0.25) is 0 Å². The van der Waals surface area contributed by atoms with Crippen LogP contribution in [0.5, 0.6) is 0 Å². The third-order valence-corrected chi connectivity index (χ3v) is 4.73. The molecule has 5 heteroatoms. The maximum absolute atomic E-state index is 13.3. The number of hydrogen-bond acceptors (Lipinski definition) is 2. The largest absolute Gasteiger partial charge is 0.339 e. The molecule has 2 nitrogen and oxygen atoms in total. The lowest BCUT2D eigenvalue weighted by atomic mass is 10.1. The maximum Gasteiger partial charge on any atom is 0.222 e. The molecular formula is C17H19F2NOS. The van der Waals surface area contributed by atoms with E-state index < -0.39 is 11.6 Å². The van der Waals surface area contributed by atoms with E-state index in [2.05, 4.69) is 6.07 Å². The van der Waals surface area contributed by atoms with Gasteiger partial charge in [-0.2, -0.15) is 0 Å². The number of amides is 1. The predicted octanol–water partition coefficient (Wildman–Crippen LogP) is 4.57. The molecule has 118 valence electrons. The summed E-state index contributed by atoms with van der Waals surface area (Å²) in [4.78, 5) is 15.1. The summed E-state index contributed by atoms with van der Waals surface area (Å²) < 4.78 is 26.3. The summed E-state index contributed by atoms with van der Waals surface area (Å²) in [5, 5.41) is 2.02. The minimum Gasteiger partial charge on any atom is -0.339 e. The van der Waals surface area contributed by atoms with E-state index in [0.29, 0.717) is 12.0 Å². The first-order chi connectivity index (χ1) is 10.5. The highest BCUT2D eigenvalue weighted by atomic mass is 32.1. The molecule has 1 unspecified atom stereocenters. The summed E-state index contributed by atoms with van der Waals surface area (Å²) in [5.41, 5.74) is 0.591. The fraction of sp³-hybridized carbons (Fsp3) is 0.353. The maximum atomic E-state index is 13.3. The molecule has 1 aromatic carbocycles. The second-order valence-electron chi connectivity index (χ2n) is 5.29. The van der Waals surface area contributed by atoms with Crippen molar-refractivity contribution in [2.75, 3.05) is 7.05 Å². The molecule has 0 spiro atoms. The zero-order valence-corrected chi connectivity index (χ0v) is 13.5. The third-order valence-electron chi connectivity index (χ3n) is 3.79. The van der Waals surface area contributed by atoms with Crippen LogP contribution in [0.3, 0.4) is 0 Å². The summed E-state index contributed by atoms with van der Waals surface area (Å²) in [5.74, 6) is -1.75. The van der Waals surface area contributed by atoms with Gasteiger partial charge in [0.1, 0.15) is 0 Å². The Morgan fingerprint density at radius 1 is 1.27 bits per heavy atom. The number of aryl methyl sites for hydroxylation is 1. The number of nitrogens with zero attached hydrogens (tertiary/aromatic N) is 1.